The molecule has 0 bridgehead atoms. The van der Waals surface area contributed by atoms with E-state index in [-0.39, 0.29) is 24.0 Å². The number of ether oxygens (including phenoxy) is 3. The van der Waals surface area contributed by atoms with Gasteiger partial charge in [0.15, 0.2) is 11.5 Å². The van der Waals surface area contributed by atoms with Crippen molar-refractivity contribution >= 4 is 17.8 Å². The van der Waals surface area contributed by atoms with Crippen molar-refractivity contribution in [3.05, 3.63) is 48.0 Å². The van der Waals surface area contributed by atoms with E-state index in [0.717, 1.165) is 5.69 Å². The first-order chi connectivity index (χ1) is 13.0. The number of anilines is 1. The summed E-state index contributed by atoms with van der Waals surface area (Å²) < 4.78 is 39.3. The summed E-state index contributed by atoms with van der Waals surface area (Å²) in [5, 5.41) is 6.72. The average Bonchev–Trinajstić information content (AvgIpc) is 2.66. The normalized spacial score (nSPS) is 10.7. The van der Waals surface area contributed by atoms with Gasteiger partial charge in [0, 0.05) is 11.8 Å². The SMILES string of the molecule is COc1cccc(NCC(=O)N/N=C\c2ccc(OC)c(OC(F)F)c2)c1. The molecule has 0 radical (unpaired) electrons. The monoisotopic (exact) mass is 379 g/mol. The molecule has 0 aliphatic heterocycles. The second-order valence-corrected chi connectivity index (χ2v) is 5.17. The van der Waals surface area contributed by atoms with E-state index < -0.39 is 6.61 Å². The topological polar surface area (TPSA) is 81.2 Å². The molecule has 1 amide bonds. The molecule has 0 heterocycles. The first kappa shape index (κ1) is 20.0. The van der Waals surface area contributed by atoms with Crippen molar-refractivity contribution in [1.29, 1.82) is 0 Å². The van der Waals surface area contributed by atoms with Crippen LogP contribution < -0.4 is 25.0 Å². The summed E-state index contributed by atoms with van der Waals surface area (Å²) in [4.78, 5) is 11.8. The predicted octanol–water partition coefficient (Wildman–Crippen LogP) is 2.87. The van der Waals surface area contributed by atoms with Gasteiger partial charge >= 0.3 is 6.61 Å². The number of hydrogen-bond acceptors (Lipinski definition) is 6. The number of rotatable bonds is 9. The second kappa shape index (κ2) is 9.95. The van der Waals surface area contributed by atoms with Crippen molar-refractivity contribution in [2.24, 2.45) is 5.10 Å². The number of halogens is 2. The minimum absolute atomic E-state index is 0.00708. The molecule has 27 heavy (non-hydrogen) atoms. The van der Waals surface area contributed by atoms with E-state index in [1.54, 1.807) is 37.4 Å². The van der Waals surface area contributed by atoms with Gasteiger partial charge < -0.3 is 19.5 Å². The van der Waals surface area contributed by atoms with Gasteiger partial charge in [-0.25, -0.2) is 5.43 Å². The molecule has 0 unspecified atom stereocenters. The number of nitrogens with one attached hydrogen (secondary N) is 2. The maximum absolute atomic E-state index is 12.4. The van der Waals surface area contributed by atoms with E-state index >= 15 is 0 Å². The Morgan fingerprint density at radius 2 is 1.96 bits per heavy atom. The van der Waals surface area contributed by atoms with Gasteiger partial charge in [0.1, 0.15) is 5.75 Å². The molecule has 0 fully saturated rings. The van der Waals surface area contributed by atoms with Gasteiger partial charge in [-0.1, -0.05) is 6.07 Å². The molecule has 0 aromatic heterocycles. The van der Waals surface area contributed by atoms with Crippen LogP contribution in [0.15, 0.2) is 47.6 Å². The number of carbonyl (C=O) groups is 1. The molecule has 2 rings (SSSR count). The van der Waals surface area contributed by atoms with Crippen molar-refractivity contribution in [2.75, 3.05) is 26.1 Å². The quantitative estimate of drug-likeness (QED) is 0.517. The lowest BCUT2D eigenvalue weighted by Crippen LogP contribution is -2.25. The molecule has 7 nitrogen and oxygen atoms in total. The Labute approximate surface area is 154 Å². The zero-order valence-corrected chi connectivity index (χ0v) is 14.7. The molecule has 9 heteroatoms. The van der Waals surface area contributed by atoms with Crippen LogP contribution in [0.4, 0.5) is 14.5 Å². The largest absolute Gasteiger partial charge is 0.497 e. The minimum Gasteiger partial charge on any atom is -0.497 e. The zero-order valence-electron chi connectivity index (χ0n) is 14.7. The molecule has 0 aliphatic carbocycles. The van der Waals surface area contributed by atoms with Crippen LogP contribution in [-0.2, 0) is 4.79 Å². The van der Waals surface area contributed by atoms with Crippen LogP contribution in [0.3, 0.4) is 0 Å². The molecule has 0 atom stereocenters. The number of amides is 1. The van der Waals surface area contributed by atoms with Gasteiger partial charge in [-0.2, -0.15) is 13.9 Å². The molecular formula is C18H19F2N3O4. The summed E-state index contributed by atoms with van der Waals surface area (Å²) in [6, 6.07) is 11.5. The van der Waals surface area contributed by atoms with Gasteiger partial charge in [0.2, 0.25) is 0 Å². The van der Waals surface area contributed by atoms with Crippen molar-refractivity contribution in [1.82, 2.24) is 5.43 Å². The Morgan fingerprint density at radius 1 is 1.15 bits per heavy atom. The highest BCUT2D eigenvalue weighted by molar-refractivity contribution is 5.84. The summed E-state index contributed by atoms with van der Waals surface area (Å²) in [5.74, 6) is 0.327. The zero-order chi connectivity index (χ0) is 19.6. The summed E-state index contributed by atoms with van der Waals surface area (Å²) in [7, 11) is 2.90. The van der Waals surface area contributed by atoms with Gasteiger partial charge in [-0.05, 0) is 35.9 Å². The van der Waals surface area contributed by atoms with Crippen LogP contribution in [0.25, 0.3) is 0 Å². The molecular weight excluding hydrogens is 360 g/mol. The van der Waals surface area contributed by atoms with E-state index in [2.05, 4.69) is 20.6 Å². The van der Waals surface area contributed by atoms with E-state index in [9.17, 15) is 13.6 Å². The maximum atomic E-state index is 12.4. The fourth-order valence-corrected chi connectivity index (χ4v) is 2.10. The van der Waals surface area contributed by atoms with E-state index in [1.165, 1.54) is 25.5 Å². The molecule has 0 saturated carbocycles. The van der Waals surface area contributed by atoms with Crippen molar-refractivity contribution in [3.63, 3.8) is 0 Å². The fourth-order valence-electron chi connectivity index (χ4n) is 2.10. The number of alkyl halides is 2. The molecule has 2 N–H and O–H groups in total. The Bertz CT molecular complexity index is 800. The smallest absolute Gasteiger partial charge is 0.387 e. The number of carbonyl (C=O) groups excluding carboxylic acids is 1. The van der Waals surface area contributed by atoms with E-state index in [4.69, 9.17) is 9.47 Å². The van der Waals surface area contributed by atoms with Crippen LogP contribution in [0, 0.1) is 0 Å². The third kappa shape index (κ3) is 6.46. The Hall–Kier alpha value is -3.36. The summed E-state index contributed by atoms with van der Waals surface area (Å²) in [6.45, 7) is -2.99. The molecule has 0 aliphatic rings. The van der Waals surface area contributed by atoms with Crippen LogP contribution >= 0.6 is 0 Å². The molecule has 0 spiro atoms. The second-order valence-electron chi connectivity index (χ2n) is 5.17. The lowest BCUT2D eigenvalue weighted by molar-refractivity contribution is -0.119. The van der Waals surface area contributed by atoms with Crippen molar-refractivity contribution in [2.45, 2.75) is 6.61 Å². The highest BCUT2D eigenvalue weighted by Gasteiger charge is 2.10. The van der Waals surface area contributed by atoms with Crippen molar-refractivity contribution in [3.8, 4) is 17.2 Å². The van der Waals surface area contributed by atoms with Crippen LogP contribution in [0.5, 0.6) is 17.2 Å². The van der Waals surface area contributed by atoms with Gasteiger partial charge in [0.25, 0.3) is 5.91 Å². The minimum atomic E-state index is -2.98. The standard InChI is InChI=1S/C18H19F2N3O4/c1-25-14-5-3-4-13(9-14)21-11-17(24)23-22-10-12-6-7-15(26-2)16(8-12)27-18(19)20/h3-10,18,21H,11H2,1-2H3,(H,23,24)/b22-10-. The maximum Gasteiger partial charge on any atom is 0.387 e. The van der Waals surface area contributed by atoms with Crippen LogP contribution in [0.1, 0.15) is 5.56 Å². The van der Waals surface area contributed by atoms with Crippen LogP contribution in [-0.4, -0.2) is 39.5 Å². The molecule has 144 valence electrons. The third-order valence-electron chi connectivity index (χ3n) is 3.33. The Morgan fingerprint density at radius 3 is 2.67 bits per heavy atom. The summed E-state index contributed by atoms with van der Waals surface area (Å²) in [5.41, 5.74) is 3.51. The predicted molar refractivity (Wildman–Crippen MR) is 96.8 cm³/mol. The molecule has 0 saturated heterocycles. The summed E-state index contributed by atoms with van der Waals surface area (Å²) in [6.07, 6.45) is 1.31. The number of methoxy groups -OCH3 is 2. The third-order valence-corrected chi connectivity index (χ3v) is 3.33. The lowest BCUT2D eigenvalue weighted by atomic mass is 10.2. The van der Waals surface area contributed by atoms with E-state index in [1.807, 2.05) is 0 Å². The fraction of sp³-hybridized carbons (Fsp3) is 0.222. The van der Waals surface area contributed by atoms with E-state index in [0.29, 0.717) is 11.3 Å². The van der Waals surface area contributed by atoms with Gasteiger partial charge in [-0.3, -0.25) is 4.79 Å². The number of hydrazone groups is 1. The molecule has 2 aromatic rings. The Kier molecular flexibility index (Phi) is 7.36. The van der Waals surface area contributed by atoms with Crippen LogP contribution in [0.2, 0.25) is 0 Å². The first-order valence-corrected chi connectivity index (χ1v) is 7.84. The highest BCUT2D eigenvalue weighted by Crippen LogP contribution is 2.28. The number of benzene rings is 2. The highest BCUT2D eigenvalue weighted by atomic mass is 19.3. The Balaban J connectivity index is 1.89. The summed E-state index contributed by atoms with van der Waals surface area (Å²) >= 11 is 0. The lowest BCUT2D eigenvalue weighted by Gasteiger charge is -2.10. The average molecular weight is 379 g/mol. The van der Waals surface area contributed by atoms with Gasteiger partial charge in [0.05, 0.1) is 27.0 Å². The number of hydrogen-bond donors (Lipinski definition) is 2. The molecule has 2 aromatic carbocycles. The number of nitrogens with zero attached hydrogens (tertiary/aromatic N) is 1. The van der Waals surface area contributed by atoms with Crippen molar-refractivity contribution < 1.29 is 27.8 Å². The first-order valence-electron chi connectivity index (χ1n) is 7.84. The van der Waals surface area contributed by atoms with Gasteiger partial charge in [-0.15, -0.1) is 0 Å².